The summed E-state index contributed by atoms with van der Waals surface area (Å²) in [5.74, 6) is 1.35. The molecule has 0 radical (unpaired) electrons. The molecule has 0 aromatic heterocycles. The molecular formula is C35H56O7. The lowest BCUT2D eigenvalue weighted by atomic mass is 9.51. The van der Waals surface area contributed by atoms with Crippen LogP contribution in [0.1, 0.15) is 113 Å². The van der Waals surface area contributed by atoms with Gasteiger partial charge >= 0.3 is 11.9 Å². The van der Waals surface area contributed by atoms with Gasteiger partial charge in [0.1, 0.15) is 18.0 Å². The maximum Gasteiger partial charge on any atom is 0.305 e. The maximum atomic E-state index is 13.2. The number of ether oxygens (including phenoxy) is 4. The van der Waals surface area contributed by atoms with E-state index >= 15 is 0 Å². The van der Waals surface area contributed by atoms with Gasteiger partial charge in [0.2, 0.25) is 0 Å². The molecule has 0 N–H and O–H groups in total. The number of esters is 2. The molecule has 0 aromatic rings. The molecule has 0 amide bonds. The Balaban J connectivity index is 1.61. The highest BCUT2D eigenvalue weighted by molar-refractivity contribution is 5.80. The van der Waals surface area contributed by atoms with E-state index in [9.17, 15) is 14.4 Å². The van der Waals surface area contributed by atoms with E-state index in [-0.39, 0.29) is 95.9 Å². The average molecular weight is 589 g/mol. The molecule has 5 fully saturated rings. The summed E-state index contributed by atoms with van der Waals surface area (Å²) in [6.07, 6.45) is 5.62. The number of Topliss-reactive ketones (excluding diaryl/α,β-unsaturated/α-hetero) is 1. The van der Waals surface area contributed by atoms with Gasteiger partial charge in [-0.1, -0.05) is 61.3 Å². The Labute approximate surface area is 253 Å². The first kappa shape index (κ1) is 31.9. The quantitative estimate of drug-likeness (QED) is 0.223. The molecule has 2 saturated heterocycles. The molecule has 0 spiro atoms. The number of hydrogen-bond donors (Lipinski definition) is 0. The van der Waals surface area contributed by atoms with Gasteiger partial charge in [-0.05, 0) is 61.2 Å². The lowest BCUT2D eigenvalue weighted by Crippen LogP contribution is -2.61. The van der Waals surface area contributed by atoms with Crippen molar-refractivity contribution in [2.24, 2.45) is 52.8 Å². The van der Waals surface area contributed by atoms with Crippen LogP contribution in [0.25, 0.3) is 0 Å². The molecule has 2 heterocycles. The summed E-state index contributed by atoms with van der Waals surface area (Å²) in [5.41, 5.74) is -0.249. The van der Waals surface area contributed by atoms with Crippen LogP contribution in [-0.2, 0) is 33.3 Å². The van der Waals surface area contributed by atoms with Crippen molar-refractivity contribution in [3.63, 3.8) is 0 Å². The zero-order chi connectivity index (χ0) is 30.5. The van der Waals surface area contributed by atoms with E-state index in [0.717, 1.165) is 32.1 Å². The smallest absolute Gasteiger partial charge is 0.305 e. The highest BCUT2D eigenvalue weighted by Gasteiger charge is 2.66. The van der Waals surface area contributed by atoms with E-state index in [0.29, 0.717) is 24.7 Å². The van der Waals surface area contributed by atoms with Crippen LogP contribution in [0.4, 0.5) is 0 Å². The van der Waals surface area contributed by atoms with Crippen molar-refractivity contribution < 1.29 is 33.3 Å². The lowest BCUT2D eigenvalue weighted by molar-refractivity contribution is -0.208. The van der Waals surface area contributed by atoms with Crippen LogP contribution in [0.2, 0.25) is 0 Å². The minimum absolute atomic E-state index is 0.00930. The van der Waals surface area contributed by atoms with Crippen molar-refractivity contribution in [1.82, 2.24) is 0 Å². The number of rotatable bonds is 9. The number of fused-ring (bicyclic) bond motifs is 5. The lowest BCUT2D eigenvalue weighted by Gasteiger charge is -2.55. The largest absolute Gasteiger partial charge is 0.458 e. The van der Waals surface area contributed by atoms with E-state index in [1.807, 2.05) is 13.8 Å². The number of epoxide rings is 1. The molecule has 3 saturated carbocycles. The fraction of sp³-hybridized carbons (Fsp3) is 0.914. The van der Waals surface area contributed by atoms with Crippen LogP contribution in [-0.4, -0.2) is 54.3 Å². The first-order valence-corrected chi connectivity index (χ1v) is 17.2. The van der Waals surface area contributed by atoms with Gasteiger partial charge in [0.15, 0.2) is 0 Å². The summed E-state index contributed by atoms with van der Waals surface area (Å²) in [7, 11) is 0. The zero-order valence-corrected chi connectivity index (χ0v) is 27.3. The summed E-state index contributed by atoms with van der Waals surface area (Å²) in [6, 6.07) is 0. The number of hydrogen-bond acceptors (Lipinski definition) is 7. The summed E-state index contributed by atoms with van der Waals surface area (Å²) in [4.78, 5) is 39.1. The van der Waals surface area contributed by atoms with Crippen molar-refractivity contribution in [3.05, 3.63) is 0 Å². The second kappa shape index (κ2) is 12.5. The van der Waals surface area contributed by atoms with E-state index in [4.69, 9.17) is 18.9 Å². The van der Waals surface area contributed by atoms with Crippen LogP contribution in [0.3, 0.4) is 0 Å². The van der Waals surface area contributed by atoms with Gasteiger partial charge in [-0.2, -0.15) is 0 Å². The van der Waals surface area contributed by atoms with Crippen molar-refractivity contribution in [3.8, 4) is 0 Å². The second-order valence-electron chi connectivity index (χ2n) is 14.9. The van der Waals surface area contributed by atoms with Crippen LogP contribution in [0, 0.1) is 52.8 Å². The molecule has 42 heavy (non-hydrogen) atoms. The highest BCUT2D eigenvalue weighted by Crippen LogP contribution is 2.62. The standard InChI is InChI=1S/C35H56O7/c1-9-22(18(4)5)32-31(42-32)19(6)30-28-23-13-12-14-24(23)33(40-26(37)10-2)34(41-27(38)11-3)29(28)25-17-21(36)15-16-35(25,8)20(7)39-30/h18-20,22-25,28-34H,9-17H2,1-8H3/t19-,20-,22-,23-,24?,25?,28?,29?,30-,31+,32+,33+,34-,35+/m0/s1. The fourth-order valence-corrected chi connectivity index (χ4v) is 9.99. The SMILES string of the molecule is CCC(=O)O[C@@H]1C2CCC[C@@H]2C2C(C3CC(=O)CC[C@]3(C)[C@H](C)O[C@H]2[C@H](C)[C@H]2O[C@@H]2[C@@H](CC)C(C)C)[C@@H]1OC(=O)CC. The third kappa shape index (κ3) is 5.59. The summed E-state index contributed by atoms with van der Waals surface area (Å²) < 4.78 is 26.4. The Bertz CT molecular complexity index is 1010. The predicted molar refractivity (Wildman–Crippen MR) is 159 cm³/mol. The number of ketones is 1. The molecule has 2 aliphatic heterocycles. The van der Waals surface area contributed by atoms with Crippen molar-refractivity contribution in [2.75, 3.05) is 0 Å². The van der Waals surface area contributed by atoms with Crippen LogP contribution in [0.5, 0.6) is 0 Å². The molecule has 14 atom stereocenters. The van der Waals surface area contributed by atoms with Gasteiger partial charge in [0, 0.05) is 43.4 Å². The molecule has 3 aliphatic carbocycles. The van der Waals surface area contributed by atoms with Gasteiger partial charge in [-0.15, -0.1) is 0 Å². The van der Waals surface area contributed by atoms with E-state index in [1.165, 1.54) is 0 Å². The van der Waals surface area contributed by atoms with E-state index < -0.39 is 12.2 Å². The van der Waals surface area contributed by atoms with Crippen LogP contribution >= 0.6 is 0 Å². The Kier molecular flexibility index (Phi) is 9.50. The van der Waals surface area contributed by atoms with Crippen LogP contribution < -0.4 is 0 Å². The van der Waals surface area contributed by atoms with Crippen LogP contribution in [0.15, 0.2) is 0 Å². The third-order valence-corrected chi connectivity index (χ3v) is 12.5. The third-order valence-electron chi connectivity index (χ3n) is 12.5. The Morgan fingerprint density at radius 3 is 2.17 bits per heavy atom. The molecule has 0 aromatic carbocycles. The monoisotopic (exact) mass is 588 g/mol. The molecule has 0 bridgehead atoms. The molecule has 7 heteroatoms. The van der Waals surface area contributed by atoms with Gasteiger partial charge < -0.3 is 18.9 Å². The number of carbonyl (C=O) groups is 3. The van der Waals surface area contributed by atoms with Crippen molar-refractivity contribution in [1.29, 1.82) is 0 Å². The van der Waals surface area contributed by atoms with Gasteiger partial charge in [-0.3, -0.25) is 14.4 Å². The summed E-state index contributed by atoms with van der Waals surface area (Å²) in [5, 5.41) is 0. The Morgan fingerprint density at radius 2 is 1.55 bits per heavy atom. The fourth-order valence-electron chi connectivity index (χ4n) is 9.99. The van der Waals surface area contributed by atoms with Crippen molar-refractivity contribution >= 4 is 17.7 Å². The molecule has 5 aliphatic rings. The average Bonchev–Trinajstić information content (AvgIpc) is 3.60. The molecule has 7 nitrogen and oxygen atoms in total. The zero-order valence-electron chi connectivity index (χ0n) is 27.3. The normalized spacial score (nSPS) is 44.3. The molecule has 4 unspecified atom stereocenters. The number of carbonyl (C=O) groups excluding carboxylic acids is 3. The summed E-state index contributed by atoms with van der Waals surface area (Å²) >= 11 is 0. The second-order valence-corrected chi connectivity index (χ2v) is 14.9. The van der Waals surface area contributed by atoms with E-state index in [2.05, 4.69) is 41.5 Å². The Morgan fingerprint density at radius 1 is 0.905 bits per heavy atom. The maximum absolute atomic E-state index is 13.2. The minimum atomic E-state index is -0.578. The minimum Gasteiger partial charge on any atom is -0.458 e. The Hall–Kier alpha value is -1.47. The van der Waals surface area contributed by atoms with Gasteiger partial charge in [-0.25, -0.2) is 0 Å². The summed E-state index contributed by atoms with van der Waals surface area (Å²) in [6.45, 7) is 17.2. The van der Waals surface area contributed by atoms with Gasteiger partial charge in [0.05, 0.1) is 24.4 Å². The topological polar surface area (TPSA) is 91.4 Å². The predicted octanol–water partition coefficient (Wildman–Crippen LogP) is 6.54. The first-order valence-electron chi connectivity index (χ1n) is 17.2. The van der Waals surface area contributed by atoms with Gasteiger partial charge in [0.25, 0.3) is 0 Å². The van der Waals surface area contributed by atoms with Crippen molar-refractivity contribution in [2.45, 2.75) is 150 Å². The molecule has 238 valence electrons. The molecular weight excluding hydrogens is 532 g/mol. The van der Waals surface area contributed by atoms with E-state index in [1.54, 1.807) is 0 Å². The highest BCUT2D eigenvalue weighted by atomic mass is 16.6. The first-order chi connectivity index (χ1) is 20.0. The molecule has 5 rings (SSSR count).